The van der Waals surface area contributed by atoms with E-state index in [2.05, 4.69) is 23.4 Å². The zero-order valence-electron chi connectivity index (χ0n) is 10.2. The number of amides is 1. The van der Waals surface area contributed by atoms with E-state index in [0.717, 1.165) is 12.8 Å². The maximum atomic E-state index is 12.0. The van der Waals surface area contributed by atoms with Crippen molar-refractivity contribution >= 4 is 17.7 Å². The summed E-state index contributed by atoms with van der Waals surface area (Å²) in [5.74, 6) is 0.310. The van der Waals surface area contributed by atoms with Crippen molar-refractivity contribution in [1.29, 1.82) is 0 Å². The van der Waals surface area contributed by atoms with Gasteiger partial charge in [-0.2, -0.15) is 11.8 Å². The van der Waals surface area contributed by atoms with E-state index in [0.29, 0.717) is 29.9 Å². The number of hydrogen-bond acceptors (Lipinski definition) is 3. The van der Waals surface area contributed by atoms with Crippen LogP contribution < -0.4 is 5.32 Å². The van der Waals surface area contributed by atoms with E-state index >= 15 is 0 Å². The Morgan fingerprint density at radius 2 is 2.31 bits per heavy atom. The minimum Gasteiger partial charge on any atom is -0.322 e. The Bertz CT molecular complexity index is 259. The van der Waals surface area contributed by atoms with Crippen molar-refractivity contribution in [3.8, 4) is 0 Å². The van der Waals surface area contributed by atoms with Crippen LogP contribution in [0.3, 0.4) is 0 Å². The van der Waals surface area contributed by atoms with Crippen molar-refractivity contribution in [2.24, 2.45) is 0 Å². The molecule has 3 unspecified atom stereocenters. The fourth-order valence-corrected chi connectivity index (χ4v) is 3.98. The van der Waals surface area contributed by atoms with Crippen molar-refractivity contribution in [3.05, 3.63) is 0 Å². The summed E-state index contributed by atoms with van der Waals surface area (Å²) >= 11 is 1.93. The highest BCUT2D eigenvalue weighted by Gasteiger charge is 2.40. The molecule has 2 fully saturated rings. The number of hydrogen-bond donors (Lipinski definition) is 1. The Morgan fingerprint density at radius 1 is 1.50 bits per heavy atom. The number of carbonyl (C=O) groups is 1. The lowest BCUT2D eigenvalue weighted by atomic mass is 10.1. The number of nitrogens with zero attached hydrogens (tertiary/aromatic N) is 1. The Balaban J connectivity index is 2.07. The van der Waals surface area contributed by atoms with E-state index in [1.807, 2.05) is 11.8 Å². The molecule has 0 aromatic rings. The molecule has 1 aliphatic carbocycles. The molecule has 1 saturated carbocycles. The van der Waals surface area contributed by atoms with Crippen LogP contribution in [0, 0.1) is 0 Å². The summed E-state index contributed by atoms with van der Waals surface area (Å²) in [5, 5.41) is 4.00. The van der Waals surface area contributed by atoms with E-state index in [1.54, 1.807) is 0 Å². The molecule has 1 aliphatic heterocycles. The number of rotatable bonds is 4. The Labute approximate surface area is 102 Å². The van der Waals surface area contributed by atoms with Crippen LogP contribution >= 0.6 is 11.8 Å². The third-order valence-electron chi connectivity index (χ3n) is 3.75. The zero-order valence-corrected chi connectivity index (χ0v) is 11.1. The van der Waals surface area contributed by atoms with E-state index in [9.17, 15) is 4.79 Å². The lowest BCUT2D eigenvalue weighted by Crippen LogP contribution is -2.47. The molecule has 3 atom stereocenters. The number of carbonyl (C=O) groups excluding carboxylic acids is 1. The van der Waals surface area contributed by atoms with Gasteiger partial charge in [0.2, 0.25) is 5.91 Å². The molecular formula is C12H22N2OS. The Hall–Kier alpha value is -0.220. The highest BCUT2D eigenvalue weighted by Crippen LogP contribution is 2.34. The maximum absolute atomic E-state index is 12.0. The highest BCUT2D eigenvalue weighted by molar-refractivity contribution is 7.99. The second-order valence-electron chi connectivity index (χ2n) is 4.76. The van der Waals surface area contributed by atoms with Crippen LogP contribution in [0.15, 0.2) is 0 Å². The first-order valence-corrected chi connectivity index (χ1v) is 7.64. The van der Waals surface area contributed by atoms with Crippen LogP contribution in [0.5, 0.6) is 0 Å². The minimum atomic E-state index is 0.301. The van der Waals surface area contributed by atoms with Gasteiger partial charge in [0.15, 0.2) is 0 Å². The van der Waals surface area contributed by atoms with Gasteiger partial charge in [-0.15, -0.1) is 0 Å². The fraction of sp³-hybridized carbons (Fsp3) is 0.917. The van der Waals surface area contributed by atoms with E-state index in [1.165, 1.54) is 19.3 Å². The molecule has 1 heterocycles. The molecule has 0 radical (unpaired) electrons. The van der Waals surface area contributed by atoms with Crippen LogP contribution in [-0.4, -0.2) is 41.1 Å². The zero-order chi connectivity index (χ0) is 11.5. The first-order valence-electron chi connectivity index (χ1n) is 6.35. The molecule has 0 aromatic carbocycles. The van der Waals surface area contributed by atoms with Gasteiger partial charge in [-0.05, 0) is 25.5 Å². The monoisotopic (exact) mass is 242 g/mol. The van der Waals surface area contributed by atoms with Crippen LogP contribution in [0.4, 0.5) is 0 Å². The van der Waals surface area contributed by atoms with Crippen LogP contribution in [0.25, 0.3) is 0 Å². The SMILES string of the molecule is CCCC1NCC(=O)N1C1CCCC1SC. The van der Waals surface area contributed by atoms with Crippen molar-refractivity contribution in [3.63, 3.8) is 0 Å². The van der Waals surface area contributed by atoms with Crippen molar-refractivity contribution < 1.29 is 4.79 Å². The molecular weight excluding hydrogens is 220 g/mol. The van der Waals surface area contributed by atoms with Crippen molar-refractivity contribution in [1.82, 2.24) is 10.2 Å². The number of thioether (sulfide) groups is 1. The fourth-order valence-electron chi connectivity index (χ4n) is 3.00. The second-order valence-corrected chi connectivity index (χ2v) is 5.84. The number of nitrogens with one attached hydrogen (secondary N) is 1. The standard InChI is InChI=1S/C12H22N2OS/c1-3-5-11-13-8-12(15)14(11)9-6-4-7-10(9)16-2/h9-11,13H,3-8H2,1-2H3. The van der Waals surface area contributed by atoms with Gasteiger partial charge in [-0.3, -0.25) is 10.1 Å². The summed E-state index contributed by atoms with van der Waals surface area (Å²) < 4.78 is 0. The first-order chi connectivity index (χ1) is 7.77. The van der Waals surface area contributed by atoms with Crippen LogP contribution in [0.1, 0.15) is 39.0 Å². The van der Waals surface area contributed by atoms with Crippen molar-refractivity contribution in [2.45, 2.75) is 56.5 Å². The van der Waals surface area contributed by atoms with Gasteiger partial charge >= 0.3 is 0 Å². The van der Waals surface area contributed by atoms with Crippen LogP contribution in [-0.2, 0) is 4.79 Å². The van der Waals surface area contributed by atoms with Gasteiger partial charge in [0.25, 0.3) is 0 Å². The molecule has 1 amide bonds. The summed E-state index contributed by atoms with van der Waals surface area (Å²) in [4.78, 5) is 14.1. The third-order valence-corrected chi connectivity index (χ3v) is 4.91. The maximum Gasteiger partial charge on any atom is 0.238 e. The lowest BCUT2D eigenvalue weighted by molar-refractivity contribution is -0.130. The smallest absolute Gasteiger partial charge is 0.238 e. The lowest BCUT2D eigenvalue weighted by Gasteiger charge is -2.33. The normalized spacial score (nSPS) is 35.0. The minimum absolute atomic E-state index is 0.301. The Morgan fingerprint density at radius 3 is 3.00 bits per heavy atom. The third kappa shape index (κ3) is 2.23. The molecule has 1 saturated heterocycles. The average Bonchev–Trinajstić information content (AvgIpc) is 2.85. The Kier molecular flexibility index (Phi) is 4.14. The molecule has 3 nitrogen and oxygen atoms in total. The van der Waals surface area contributed by atoms with Crippen LogP contribution in [0.2, 0.25) is 0 Å². The molecule has 4 heteroatoms. The highest BCUT2D eigenvalue weighted by atomic mass is 32.2. The predicted molar refractivity (Wildman–Crippen MR) is 68.5 cm³/mol. The topological polar surface area (TPSA) is 32.3 Å². The van der Waals surface area contributed by atoms with E-state index in [4.69, 9.17) is 0 Å². The molecule has 2 aliphatic rings. The van der Waals surface area contributed by atoms with Gasteiger partial charge in [-0.1, -0.05) is 19.8 Å². The quantitative estimate of drug-likeness (QED) is 0.816. The summed E-state index contributed by atoms with van der Waals surface area (Å²) in [6.45, 7) is 2.73. The molecule has 2 rings (SSSR count). The molecule has 92 valence electrons. The van der Waals surface area contributed by atoms with Gasteiger partial charge in [-0.25, -0.2) is 0 Å². The van der Waals surface area contributed by atoms with Gasteiger partial charge < -0.3 is 4.90 Å². The largest absolute Gasteiger partial charge is 0.322 e. The summed E-state index contributed by atoms with van der Waals surface area (Å²) in [6, 6.07) is 0.481. The average molecular weight is 242 g/mol. The second kappa shape index (κ2) is 5.41. The molecule has 1 N–H and O–H groups in total. The van der Waals surface area contributed by atoms with Gasteiger partial charge in [0.1, 0.15) is 0 Å². The van der Waals surface area contributed by atoms with E-state index < -0.39 is 0 Å². The molecule has 0 bridgehead atoms. The van der Waals surface area contributed by atoms with Gasteiger partial charge in [0, 0.05) is 11.3 Å². The summed E-state index contributed by atoms with van der Waals surface area (Å²) in [7, 11) is 0. The molecule has 16 heavy (non-hydrogen) atoms. The van der Waals surface area contributed by atoms with Gasteiger partial charge in [0.05, 0.1) is 12.7 Å². The molecule has 0 spiro atoms. The predicted octanol–water partition coefficient (Wildman–Crippen LogP) is 1.83. The van der Waals surface area contributed by atoms with E-state index in [-0.39, 0.29) is 0 Å². The molecule has 0 aromatic heterocycles. The summed E-state index contributed by atoms with van der Waals surface area (Å²) in [5.41, 5.74) is 0. The van der Waals surface area contributed by atoms with Crippen molar-refractivity contribution in [2.75, 3.05) is 12.8 Å². The first kappa shape index (κ1) is 12.2. The summed E-state index contributed by atoms with van der Waals surface area (Å²) in [6.07, 6.45) is 8.44.